The third kappa shape index (κ3) is 11.5. The number of hydrogen-bond acceptors (Lipinski definition) is 2. The van der Waals surface area contributed by atoms with Crippen molar-refractivity contribution < 1.29 is 9.84 Å². The van der Waals surface area contributed by atoms with Gasteiger partial charge in [-0.3, -0.25) is 0 Å². The lowest BCUT2D eigenvalue weighted by atomic mass is 10.1. The van der Waals surface area contributed by atoms with Crippen molar-refractivity contribution in [1.82, 2.24) is 0 Å². The fraction of sp³-hybridized carbons (Fsp3) is 0.818. The van der Waals surface area contributed by atoms with Crippen molar-refractivity contribution in [3.63, 3.8) is 0 Å². The van der Waals surface area contributed by atoms with E-state index in [1.54, 1.807) is 0 Å². The second kappa shape index (κ2) is 11.5. The maximum absolute atomic E-state index is 8.54. The van der Waals surface area contributed by atoms with Crippen LogP contribution in [-0.2, 0) is 4.74 Å². The summed E-state index contributed by atoms with van der Waals surface area (Å²) in [4.78, 5) is 0. The molecule has 13 heavy (non-hydrogen) atoms. The lowest BCUT2D eigenvalue weighted by Gasteiger charge is -2.01. The maximum Gasteiger partial charge on any atom is 0.0873 e. The zero-order valence-electron chi connectivity index (χ0n) is 8.50. The number of aliphatic hydroxyl groups excluding tert-OH is 1. The molecule has 78 valence electrons. The molecule has 2 heteroatoms. The summed E-state index contributed by atoms with van der Waals surface area (Å²) < 4.78 is 5.01. The molecule has 0 saturated carbocycles. The van der Waals surface area contributed by atoms with Gasteiger partial charge in [0.15, 0.2) is 0 Å². The Morgan fingerprint density at radius 3 is 2.00 bits per heavy atom. The molecule has 0 radical (unpaired) electrons. The van der Waals surface area contributed by atoms with Crippen LogP contribution in [0.2, 0.25) is 0 Å². The Morgan fingerprint density at radius 2 is 1.46 bits per heavy atom. The minimum Gasteiger partial charge on any atom is -0.502 e. The Labute approximate surface area is 81.6 Å². The Hall–Kier alpha value is -0.500. The van der Waals surface area contributed by atoms with Crippen molar-refractivity contribution in [3.05, 3.63) is 12.8 Å². The highest BCUT2D eigenvalue weighted by molar-refractivity contribution is 4.50. The molecule has 1 N–H and O–H groups in total. The summed E-state index contributed by atoms with van der Waals surface area (Å²) in [5.74, 6) is 0. The molecule has 0 aliphatic carbocycles. The molecule has 0 spiro atoms. The molecular formula is C11H22O2. The van der Waals surface area contributed by atoms with Crippen molar-refractivity contribution in [3.8, 4) is 0 Å². The fourth-order valence-electron chi connectivity index (χ4n) is 1.26. The van der Waals surface area contributed by atoms with Crippen LogP contribution >= 0.6 is 0 Å². The Kier molecular flexibility index (Phi) is 11.1. The van der Waals surface area contributed by atoms with Gasteiger partial charge in [0.2, 0.25) is 0 Å². The van der Waals surface area contributed by atoms with E-state index in [1.807, 2.05) is 0 Å². The molecule has 0 amide bonds. The maximum atomic E-state index is 8.54. The summed E-state index contributed by atoms with van der Waals surface area (Å²) in [5.41, 5.74) is 0. The smallest absolute Gasteiger partial charge is 0.0873 e. The van der Waals surface area contributed by atoms with E-state index < -0.39 is 0 Å². The van der Waals surface area contributed by atoms with Gasteiger partial charge in [-0.25, -0.2) is 0 Å². The van der Waals surface area contributed by atoms with Crippen LogP contribution in [0, 0.1) is 0 Å². The van der Waals surface area contributed by atoms with Crippen molar-refractivity contribution in [1.29, 1.82) is 0 Å². The zero-order chi connectivity index (χ0) is 9.78. The van der Waals surface area contributed by atoms with Gasteiger partial charge in [-0.05, 0) is 12.8 Å². The van der Waals surface area contributed by atoms with Gasteiger partial charge >= 0.3 is 0 Å². The van der Waals surface area contributed by atoms with E-state index in [0.29, 0.717) is 6.61 Å². The van der Waals surface area contributed by atoms with Gasteiger partial charge in [0.1, 0.15) is 0 Å². The second-order valence-corrected chi connectivity index (χ2v) is 3.24. The molecule has 0 aromatic heterocycles. The quantitative estimate of drug-likeness (QED) is 0.420. The number of ether oxygens (including phenoxy) is 1. The third-order valence-electron chi connectivity index (χ3n) is 2.04. The molecule has 0 saturated heterocycles. The first-order valence-electron chi connectivity index (χ1n) is 5.25. The molecule has 0 aromatic rings. The molecule has 0 fully saturated rings. The summed E-state index contributed by atoms with van der Waals surface area (Å²) in [7, 11) is 0. The molecule has 0 bridgehead atoms. The van der Waals surface area contributed by atoms with Crippen molar-refractivity contribution in [2.75, 3.05) is 13.2 Å². The SMILES string of the molecule is C=COCCCCCCCCCO. The summed E-state index contributed by atoms with van der Waals surface area (Å²) >= 11 is 0. The van der Waals surface area contributed by atoms with Crippen LogP contribution in [-0.4, -0.2) is 18.3 Å². The Morgan fingerprint density at radius 1 is 0.923 bits per heavy atom. The second-order valence-electron chi connectivity index (χ2n) is 3.24. The monoisotopic (exact) mass is 186 g/mol. The molecule has 0 aliphatic rings. The molecular weight excluding hydrogens is 164 g/mol. The largest absolute Gasteiger partial charge is 0.502 e. The molecule has 0 aromatic carbocycles. The van der Waals surface area contributed by atoms with Crippen LogP contribution in [0.4, 0.5) is 0 Å². The lowest BCUT2D eigenvalue weighted by molar-refractivity contribution is 0.241. The van der Waals surface area contributed by atoms with Crippen LogP contribution in [0.1, 0.15) is 44.9 Å². The van der Waals surface area contributed by atoms with Crippen LogP contribution in [0.3, 0.4) is 0 Å². The van der Waals surface area contributed by atoms with Crippen molar-refractivity contribution in [2.45, 2.75) is 44.9 Å². The molecule has 0 unspecified atom stereocenters. The minimum absolute atomic E-state index is 0.340. The van der Waals surface area contributed by atoms with E-state index in [1.165, 1.54) is 38.4 Å². The average molecular weight is 186 g/mol. The van der Waals surface area contributed by atoms with E-state index in [4.69, 9.17) is 9.84 Å². The third-order valence-corrected chi connectivity index (χ3v) is 2.04. The van der Waals surface area contributed by atoms with Crippen molar-refractivity contribution in [2.24, 2.45) is 0 Å². The number of rotatable bonds is 10. The molecule has 0 aliphatic heterocycles. The predicted molar refractivity (Wildman–Crippen MR) is 55.6 cm³/mol. The van der Waals surface area contributed by atoms with Gasteiger partial charge in [0.25, 0.3) is 0 Å². The first kappa shape index (κ1) is 12.5. The minimum atomic E-state index is 0.340. The zero-order valence-corrected chi connectivity index (χ0v) is 8.50. The summed E-state index contributed by atoms with van der Waals surface area (Å²) in [5, 5.41) is 8.54. The summed E-state index contributed by atoms with van der Waals surface area (Å²) in [6, 6.07) is 0. The number of hydrogen-bond donors (Lipinski definition) is 1. The molecule has 0 heterocycles. The van der Waals surface area contributed by atoms with E-state index in [-0.39, 0.29) is 0 Å². The highest BCUT2D eigenvalue weighted by Gasteiger charge is 1.90. The normalized spacial score (nSPS) is 9.92. The van der Waals surface area contributed by atoms with Crippen LogP contribution in [0.25, 0.3) is 0 Å². The highest BCUT2D eigenvalue weighted by Crippen LogP contribution is 2.06. The standard InChI is InChI=1S/C11H22O2/c1-2-13-11-9-7-5-3-4-6-8-10-12/h2,12H,1,3-11H2. The van der Waals surface area contributed by atoms with Crippen molar-refractivity contribution >= 4 is 0 Å². The van der Waals surface area contributed by atoms with E-state index in [2.05, 4.69) is 6.58 Å². The Bertz CT molecular complexity index is 102. The molecule has 0 rings (SSSR count). The highest BCUT2D eigenvalue weighted by atomic mass is 16.5. The fourth-order valence-corrected chi connectivity index (χ4v) is 1.26. The van der Waals surface area contributed by atoms with E-state index in [0.717, 1.165) is 19.4 Å². The predicted octanol–water partition coefficient (Wildman–Crippen LogP) is 2.87. The first-order valence-corrected chi connectivity index (χ1v) is 5.25. The van der Waals surface area contributed by atoms with E-state index in [9.17, 15) is 0 Å². The van der Waals surface area contributed by atoms with E-state index >= 15 is 0 Å². The lowest BCUT2D eigenvalue weighted by Crippen LogP contribution is -1.88. The van der Waals surface area contributed by atoms with Gasteiger partial charge in [-0.1, -0.05) is 38.7 Å². The number of unbranched alkanes of at least 4 members (excludes halogenated alkanes) is 6. The summed E-state index contributed by atoms with van der Waals surface area (Å²) in [6.07, 6.45) is 9.82. The average Bonchev–Trinajstić information content (AvgIpc) is 2.16. The Balaban J connectivity index is 2.79. The van der Waals surface area contributed by atoms with Gasteiger partial charge in [0, 0.05) is 6.61 Å². The number of aliphatic hydroxyl groups is 1. The van der Waals surface area contributed by atoms with Crippen LogP contribution in [0.15, 0.2) is 12.8 Å². The van der Waals surface area contributed by atoms with Gasteiger partial charge in [-0.15, -0.1) is 0 Å². The summed E-state index contributed by atoms with van der Waals surface area (Å²) in [6.45, 7) is 4.63. The van der Waals surface area contributed by atoms with Crippen LogP contribution < -0.4 is 0 Å². The van der Waals surface area contributed by atoms with Crippen LogP contribution in [0.5, 0.6) is 0 Å². The van der Waals surface area contributed by atoms with Gasteiger partial charge in [-0.2, -0.15) is 0 Å². The first-order chi connectivity index (χ1) is 6.41. The molecule has 0 atom stereocenters. The topological polar surface area (TPSA) is 29.5 Å². The van der Waals surface area contributed by atoms with Gasteiger partial charge < -0.3 is 9.84 Å². The molecule has 2 nitrogen and oxygen atoms in total. The van der Waals surface area contributed by atoms with Gasteiger partial charge in [0.05, 0.1) is 12.9 Å².